The molecule has 0 aliphatic carbocycles. The lowest BCUT2D eigenvalue weighted by Gasteiger charge is -2.20. The molecule has 0 bridgehead atoms. The van der Waals surface area contributed by atoms with Crippen LogP contribution >= 0.6 is 15.9 Å². The summed E-state index contributed by atoms with van der Waals surface area (Å²) in [5, 5.41) is 3.32. The largest absolute Gasteiger partial charge is 0.309 e. The first-order valence-electron chi connectivity index (χ1n) is 6.63. The zero-order valence-electron chi connectivity index (χ0n) is 12.2. The molecule has 0 aliphatic heterocycles. The van der Waals surface area contributed by atoms with E-state index in [1.54, 1.807) is 0 Å². The summed E-state index contributed by atoms with van der Waals surface area (Å²) in [4.78, 5) is 0. The van der Waals surface area contributed by atoms with Crippen molar-refractivity contribution in [2.75, 3.05) is 7.05 Å². The second-order valence-electron chi connectivity index (χ2n) is 5.25. The lowest BCUT2D eigenvalue weighted by atomic mass is 9.94. The van der Waals surface area contributed by atoms with E-state index in [1.807, 2.05) is 33.0 Å². The maximum atomic E-state index is 13.8. The molecule has 2 rings (SSSR count). The molecule has 0 aliphatic rings. The quantitative estimate of drug-likeness (QED) is 0.847. The molecule has 0 heterocycles. The van der Waals surface area contributed by atoms with Crippen LogP contribution in [0.25, 0.3) is 0 Å². The molecule has 0 saturated heterocycles. The van der Waals surface area contributed by atoms with E-state index in [0.717, 1.165) is 10.0 Å². The Morgan fingerprint density at radius 1 is 0.950 bits per heavy atom. The van der Waals surface area contributed by atoms with E-state index in [-0.39, 0.29) is 11.9 Å². The zero-order chi connectivity index (χ0) is 14.9. The van der Waals surface area contributed by atoms with Crippen LogP contribution < -0.4 is 5.32 Å². The fraction of sp³-hybridized carbons (Fsp3) is 0.294. The number of aryl methyl sites for hydroxylation is 3. The molecule has 0 fully saturated rings. The van der Waals surface area contributed by atoms with Gasteiger partial charge in [-0.25, -0.2) is 4.39 Å². The summed E-state index contributed by atoms with van der Waals surface area (Å²) in [6, 6.07) is 10.2. The standard InChI is InChI=1S/C17H19BrFN/c1-10-5-13(9-15(18)6-10)17(20-4)14-7-11(2)16(19)12(3)8-14/h5-9,17,20H,1-4H3. The van der Waals surface area contributed by atoms with Gasteiger partial charge in [0, 0.05) is 4.47 Å². The zero-order valence-corrected chi connectivity index (χ0v) is 13.8. The van der Waals surface area contributed by atoms with Crippen molar-refractivity contribution in [2.45, 2.75) is 26.8 Å². The molecule has 1 nitrogen and oxygen atoms in total. The van der Waals surface area contributed by atoms with Gasteiger partial charge in [0.2, 0.25) is 0 Å². The predicted molar refractivity (Wildman–Crippen MR) is 85.7 cm³/mol. The van der Waals surface area contributed by atoms with Crippen molar-refractivity contribution in [3.63, 3.8) is 0 Å². The Hall–Kier alpha value is -1.19. The normalized spacial score (nSPS) is 12.5. The van der Waals surface area contributed by atoms with Crippen LogP contribution in [0.3, 0.4) is 0 Å². The van der Waals surface area contributed by atoms with Crippen LogP contribution in [0.1, 0.15) is 33.9 Å². The Balaban J connectivity index is 2.52. The summed E-state index contributed by atoms with van der Waals surface area (Å²) < 4.78 is 14.8. The molecule has 106 valence electrons. The number of hydrogen-bond donors (Lipinski definition) is 1. The molecular formula is C17H19BrFN. The monoisotopic (exact) mass is 335 g/mol. The van der Waals surface area contributed by atoms with Gasteiger partial charge in [0.25, 0.3) is 0 Å². The number of benzene rings is 2. The number of nitrogens with one attached hydrogen (secondary N) is 1. The van der Waals surface area contributed by atoms with Crippen molar-refractivity contribution in [1.29, 1.82) is 0 Å². The Morgan fingerprint density at radius 2 is 1.50 bits per heavy atom. The molecule has 0 aromatic heterocycles. The molecule has 1 unspecified atom stereocenters. The average Bonchev–Trinajstić information content (AvgIpc) is 2.35. The fourth-order valence-corrected chi connectivity index (χ4v) is 3.23. The van der Waals surface area contributed by atoms with Gasteiger partial charge in [-0.3, -0.25) is 0 Å². The maximum Gasteiger partial charge on any atom is 0.129 e. The van der Waals surface area contributed by atoms with E-state index in [2.05, 4.69) is 46.4 Å². The molecule has 2 aromatic rings. The van der Waals surface area contributed by atoms with E-state index >= 15 is 0 Å². The topological polar surface area (TPSA) is 12.0 Å². The van der Waals surface area contributed by atoms with Crippen LogP contribution in [0, 0.1) is 26.6 Å². The number of hydrogen-bond acceptors (Lipinski definition) is 1. The minimum atomic E-state index is -0.117. The van der Waals surface area contributed by atoms with Crippen LogP contribution in [0.2, 0.25) is 0 Å². The third kappa shape index (κ3) is 3.10. The van der Waals surface area contributed by atoms with Crippen LogP contribution in [-0.4, -0.2) is 7.05 Å². The minimum absolute atomic E-state index is 0.0594. The maximum absolute atomic E-state index is 13.8. The van der Waals surface area contributed by atoms with Gasteiger partial charge in [-0.05, 0) is 67.8 Å². The first-order valence-corrected chi connectivity index (χ1v) is 7.42. The summed E-state index contributed by atoms with van der Waals surface area (Å²) in [6.07, 6.45) is 0. The van der Waals surface area contributed by atoms with Gasteiger partial charge in [0.15, 0.2) is 0 Å². The highest BCUT2D eigenvalue weighted by atomic mass is 79.9. The summed E-state index contributed by atoms with van der Waals surface area (Å²) in [5.41, 5.74) is 4.83. The molecule has 0 amide bonds. The van der Waals surface area contributed by atoms with Crippen LogP contribution in [0.15, 0.2) is 34.8 Å². The van der Waals surface area contributed by atoms with E-state index in [9.17, 15) is 4.39 Å². The van der Waals surface area contributed by atoms with E-state index in [1.165, 1.54) is 11.1 Å². The van der Waals surface area contributed by atoms with E-state index in [0.29, 0.717) is 11.1 Å². The Bertz CT molecular complexity index is 594. The van der Waals surface area contributed by atoms with Gasteiger partial charge in [-0.1, -0.05) is 34.1 Å². The van der Waals surface area contributed by atoms with Gasteiger partial charge in [-0.15, -0.1) is 0 Å². The van der Waals surface area contributed by atoms with E-state index in [4.69, 9.17) is 0 Å². The van der Waals surface area contributed by atoms with Gasteiger partial charge in [0.05, 0.1) is 6.04 Å². The number of rotatable bonds is 3. The molecule has 0 saturated carbocycles. The SMILES string of the molecule is CNC(c1cc(C)cc(Br)c1)c1cc(C)c(F)c(C)c1. The third-order valence-corrected chi connectivity index (χ3v) is 3.94. The average molecular weight is 336 g/mol. The van der Waals surface area contributed by atoms with Gasteiger partial charge in [-0.2, -0.15) is 0 Å². The lowest BCUT2D eigenvalue weighted by molar-refractivity contribution is 0.604. The second-order valence-corrected chi connectivity index (χ2v) is 6.17. The molecule has 0 spiro atoms. The Labute approximate surface area is 128 Å². The van der Waals surface area contributed by atoms with E-state index < -0.39 is 0 Å². The molecule has 0 radical (unpaired) electrons. The van der Waals surface area contributed by atoms with Crippen molar-refractivity contribution in [2.24, 2.45) is 0 Å². The highest BCUT2D eigenvalue weighted by Gasteiger charge is 2.15. The van der Waals surface area contributed by atoms with Gasteiger partial charge < -0.3 is 5.32 Å². The molecule has 20 heavy (non-hydrogen) atoms. The summed E-state index contributed by atoms with van der Waals surface area (Å²) in [5.74, 6) is -0.117. The molecule has 3 heteroatoms. The molecular weight excluding hydrogens is 317 g/mol. The second kappa shape index (κ2) is 6.06. The molecule has 2 aromatic carbocycles. The van der Waals surface area contributed by atoms with Gasteiger partial charge >= 0.3 is 0 Å². The first-order chi connectivity index (χ1) is 9.42. The smallest absolute Gasteiger partial charge is 0.129 e. The van der Waals surface area contributed by atoms with Crippen LogP contribution in [-0.2, 0) is 0 Å². The van der Waals surface area contributed by atoms with Crippen molar-refractivity contribution in [3.05, 3.63) is 68.4 Å². The molecule has 1 atom stereocenters. The highest BCUT2D eigenvalue weighted by molar-refractivity contribution is 9.10. The Kier molecular flexibility index (Phi) is 4.61. The van der Waals surface area contributed by atoms with Crippen LogP contribution in [0.4, 0.5) is 4.39 Å². The van der Waals surface area contributed by atoms with Crippen molar-refractivity contribution in [1.82, 2.24) is 5.32 Å². The fourth-order valence-electron chi connectivity index (χ4n) is 2.60. The minimum Gasteiger partial charge on any atom is -0.309 e. The first kappa shape index (κ1) is 15.2. The Morgan fingerprint density at radius 3 is 2.00 bits per heavy atom. The number of halogens is 2. The van der Waals surface area contributed by atoms with Crippen molar-refractivity contribution in [3.8, 4) is 0 Å². The van der Waals surface area contributed by atoms with Crippen molar-refractivity contribution >= 4 is 15.9 Å². The summed E-state index contributed by atoms with van der Waals surface area (Å²) in [7, 11) is 1.93. The predicted octanol–water partition coefficient (Wildman–Crippen LogP) is 4.82. The summed E-state index contributed by atoms with van der Waals surface area (Å²) >= 11 is 3.54. The lowest BCUT2D eigenvalue weighted by Crippen LogP contribution is -2.18. The summed E-state index contributed by atoms with van der Waals surface area (Å²) in [6.45, 7) is 5.69. The van der Waals surface area contributed by atoms with Crippen molar-refractivity contribution < 1.29 is 4.39 Å². The third-order valence-electron chi connectivity index (χ3n) is 3.48. The van der Waals surface area contributed by atoms with Crippen LogP contribution in [0.5, 0.6) is 0 Å². The molecule has 1 N–H and O–H groups in total. The highest BCUT2D eigenvalue weighted by Crippen LogP contribution is 2.28. The van der Waals surface area contributed by atoms with Gasteiger partial charge in [0.1, 0.15) is 5.82 Å².